The van der Waals surface area contributed by atoms with Crippen LogP contribution >= 0.6 is 0 Å². The summed E-state index contributed by atoms with van der Waals surface area (Å²) in [7, 11) is 0. The Morgan fingerprint density at radius 3 is 2.22 bits per heavy atom. The maximum atomic E-state index is 15.4. The van der Waals surface area contributed by atoms with Gasteiger partial charge in [-0.1, -0.05) is 37.3 Å². The molecular formula is C54H57FN10O17. The first-order valence-corrected chi connectivity index (χ1v) is 25.9. The highest BCUT2D eigenvalue weighted by Gasteiger charge is 2.46. The van der Waals surface area contributed by atoms with Gasteiger partial charge >= 0.3 is 17.9 Å². The molecule has 82 heavy (non-hydrogen) atoms. The molecule has 2 aromatic heterocycles. The molecule has 2 unspecified atom stereocenters. The summed E-state index contributed by atoms with van der Waals surface area (Å²) in [6.45, 7) is -0.844. The number of ether oxygens (including phenoxy) is 2. The third-order valence-electron chi connectivity index (χ3n) is 14.5. The summed E-state index contributed by atoms with van der Waals surface area (Å²) in [6, 6.07) is 6.18. The maximum absolute atomic E-state index is 15.4. The zero-order valence-electron chi connectivity index (χ0n) is 44.2. The third kappa shape index (κ3) is 12.7. The molecule has 0 saturated carbocycles. The Kier molecular flexibility index (Phi) is 18.0. The van der Waals surface area contributed by atoms with Crippen molar-refractivity contribution in [3.8, 4) is 11.4 Å². The lowest BCUT2D eigenvalue weighted by atomic mass is 9.81. The molecule has 5 atom stereocenters. The van der Waals surface area contributed by atoms with Crippen LogP contribution < -0.4 is 42.8 Å². The molecule has 28 heteroatoms. The van der Waals surface area contributed by atoms with Gasteiger partial charge in [0.25, 0.3) is 17.4 Å². The molecule has 4 aliphatic rings. The molecule has 3 aliphatic heterocycles. The topological polar surface area (TPSA) is 389 Å². The molecule has 8 rings (SSSR count). The van der Waals surface area contributed by atoms with Crippen LogP contribution in [0, 0.1) is 12.7 Å². The normalized spacial score (nSPS) is 17.6. The number of aliphatic carboxylic acids is 2. The number of nitrogens with one attached hydrogen (secondary N) is 7. The second-order valence-corrected chi connectivity index (χ2v) is 19.7. The standard InChI is InChI=1S/C54H57FN10O17/c1-3-54(80)31-16-37-48-29(22-64(37)51(76)30(31)23-82-53(54)79)47-33(10-9-28-26(2)32(55)17-35(63-48)46(28)47)61-42(69)24-81-25-60-40(67)20-58-49(74)36(15-27-7-5-4-6-8-27)62-41(68)21-57-39(66)19-59-50(75)38(65-43(70)12-13-44(65)71)18-56-34(52(77)78)11-14-45(72)73/h4-8,12-13,16-17,33-34,36,38,56,80H,3,9-11,14-15,18-25H2,1-2H3,(H,57,66)(H,58,74)(H,59,75)(H,60,67)(H,61,69)(H,62,68)(H,72,73)(H,77,78)/t33-,34?,36-,38?,54-/m0/s1. The summed E-state index contributed by atoms with van der Waals surface area (Å²) in [5.74, 6) is -11.0. The number of carboxylic acids is 2. The van der Waals surface area contributed by atoms with Crippen molar-refractivity contribution < 1.29 is 81.9 Å². The molecular weight excluding hydrogens is 1080 g/mol. The molecule has 0 saturated heterocycles. The number of pyridine rings is 2. The van der Waals surface area contributed by atoms with Gasteiger partial charge in [-0.15, -0.1) is 0 Å². The van der Waals surface area contributed by atoms with Gasteiger partial charge in [-0.3, -0.25) is 57.6 Å². The predicted octanol–water partition coefficient (Wildman–Crippen LogP) is -2.00. The van der Waals surface area contributed by atoms with E-state index in [1.165, 1.54) is 10.6 Å². The third-order valence-corrected chi connectivity index (χ3v) is 14.5. The number of carbonyl (C=O) groups is 11. The first kappa shape index (κ1) is 58.9. The summed E-state index contributed by atoms with van der Waals surface area (Å²) >= 11 is 0. The molecule has 27 nitrogen and oxygen atoms in total. The van der Waals surface area contributed by atoms with E-state index in [0.717, 1.165) is 12.2 Å². The summed E-state index contributed by atoms with van der Waals surface area (Å²) in [4.78, 5) is 159. The second kappa shape index (κ2) is 25.0. The monoisotopic (exact) mass is 1140 g/mol. The second-order valence-electron chi connectivity index (χ2n) is 19.7. The highest BCUT2D eigenvalue weighted by Crippen LogP contribution is 2.46. The highest BCUT2D eigenvalue weighted by molar-refractivity contribution is 6.15. The van der Waals surface area contributed by atoms with Crippen LogP contribution in [-0.4, -0.2) is 153 Å². The van der Waals surface area contributed by atoms with Gasteiger partial charge in [0.05, 0.1) is 54.7 Å². The van der Waals surface area contributed by atoms with Crippen LogP contribution in [0.3, 0.4) is 0 Å². The van der Waals surface area contributed by atoms with Crippen molar-refractivity contribution in [3.05, 3.63) is 110 Å². The Morgan fingerprint density at radius 1 is 0.854 bits per heavy atom. The van der Waals surface area contributed by atoms with Crippen molar-refractivity contribution in [2.75, 3.05) is 39.5 Å². The molecule has 0 radical (unpaired) electrons. The molecule has 0 spiro atoms. The predicted molar refractivity (Wildman–Crippen MR) is 280 cm³/mol. The number of carbonyl (C=O) groups excluding carboxylic acids is 9. The van der Waals surface area contributed by atoms with Crippen LogP contribution in [0.25, 0.3) is 22.3 Å². The Morgan fingerprint density at radius 2 is 1.54 bits per heavy atom. The molecule has 432 valence electrons. The van der Waals surface area contributed by atoms with Gasteiger partial charge in [-0.25, -0.2) is 14.2 Å². The van der Waals surface area contributed by atoms with E-state index in [1.54, 1.807) is 50.2 Å². The van der Waals surface area contributed by atoms with Crippen molar-refractivity contribution >= 4 is 76.1 Å². The van der Waals surface area contributed by atoms with E-state index in [1.807, 2.05) is 0 Å². The van der Waals surface area contributed by atoms with Gasteiger partial charge in [-0.05, 0) is 60.9 Å². The Hall–Kier alpha value is -9.28. The molecule has 8 amide bonds. The quantitative estimate of drug-likeness (QED) is 0.0131. The molecule has 0 fully saturated rings. The fraction of sp³-hybridized carbons (Fsp3) is 0.389. The van der Waals surface area contributed by atoms with E-state index in [2.05, 4.69) is 37.2 Å². The number of aromatic nitrogens is 2. The van der Waals surface area contributed by atoms with Crippen LogP contribution in [0.4, 0.5) is 4.39 Å². The van der Waals surface area contributed by atoms with Crippen LogP contribution in [0.5, 0.6) is 0 Å². The van der Waals surface area contributed by atoms with Crippen LogP contribution in [0.2, 0.25) is 0 Å². The number of hydrogen-bond acceptors (Lipinski definition) is 17. The number of benzene rings is 2. The minimum absolute atomic E-state index is 0.0225. The highest BCUT2D eigenvalue weighted by atomic mass is 19.1. The summed E-state index contributed by atoms with van der Waals surface area (Å²) in [6.07, 6.45) is 1.37. The largest absolute Gasteiger partial charge is 0.481 e. The number of esters is 1. The smallest absolute Gasteiger partial charge is 0.343 e. The van der Waals surface area contributed by atoms with Gasteiger partial charge in [0.1, 0.15) is 43.9 Å². The average Bonchev–Trinajstić information content (AvgIpc) is 1.75. The number of aryl methyl sites for hydroxylation is 1. The van der Waals surface area contributed by atoms with Crippen molar-refractivity contribution in [2.45, 2.75) is 95.3 Å². The van der Waals surface area contributed by atoms with Crippen molar-refractivity contribution in [1.29, 1.82) is 0 Å². The van der Waals surface area contributed by atoms with E-state index < -0.39 is 159 Å². The number of aliphatic hydroxyl groups is 1. The van der Waals surface area contributed by atoms with Gasteiger partial charge in [0, 0.05) is 54.1 Å². The first-order valence-electron chi connectivity index (χ1n) is 25.9. The summed E-state index contributed by atoms with van der Waals surface area (Å²) in [5.41, 5.74) is 1.48. The zero-order chi connectivity index (χ0) is 59.2. The van der Waals surface area contributed by atoms with Crippen LogP contribution in [0.15, 0.2) is 59.4 Å². The maximum Gasteiger partial charge on any atom is 0.343 e. The van der Waals surface area contributed by atoms with Crippen molar-refractivity contribution in [1.82, 2.24) is 51.7 Å². The molecule has 1 aliphatic carbocycles. The van der Waals surface area contributed by atoms with E-state index in [0.29, 0.717) is 62.3 Å². The molecule has 10 N–H and O–H groups in total. The van der Waals surface area contributed by atoms with E-state index in [-0.39, 0.29) is 42.6 Å². The number of carboxylic acid groups (broad SMARTS) is 2. The van der Waals surface area contributed by atoms with E-state index >= 15 is 4.39 Å². The number of imide groups is 1. The zero-order valence-corrected chi connectivity index (χ0v) is 44.2. The fourth-order valence-corrected chi connectivity index (χ4v) is 10.2. The van der Waals surface area contributed by atoms with Gasteiger partial charge in [0.2, 0.25) is 35.4 Å². The lowest BCUT2D eigenvalue weighted by molar-refractivity contribution is -0.172. The Labute approximate surface area is 464 Å². The molecule has 2 aromatic carbocycles. The fourth-order valence-electron chi connectivity index (χ4n) is 10.2. The number of halogens is 1. The minimum Gasteiger partial charge on any atom is -0.481 e. The molecule has 4 aromatic rings. The lowest BCUT2D eigenvalue weighted by Crippen LogP contribution is -2.57. The number of nitrogens with zero attached hydrogens (tertiary/aromatic N) is 3. The number of rotatable bonds is 25. The SMILES string of the molecule is CC[C@@]1(O)C(=O)OCc2c1cc1n(c2=O)Cc2c-1nc1cc(F)c(C)c3c1c2[C@@H](NC(=O)COCNC(=O)CNC(=O)[C@H](Cc1ccccc1)NC(=O)CNC(=O)CNC(=O)C(CNC(CCC(=O)O)C(=O)O)N1C(=O)C=CC1=O)CC3. The number of amides is 8. The first-order chi connectivity index (χ1) is 39.1. The molecule has 5 heterocycles. The van der Waals surface area contributed by atoms with Gasteiger partial charge in [0.15, 0.2) is 5.60 Å². The lowest BCUT2D eigenvalue weighted by Gasteiger charge is -2.31. The van der Waals surface area contributed by atoms with Crippen molar-refractivity contribution in [2.24, 2.45) is 0 Å². The Bertz CT molecular complexity index is 3410. The number of cyclic esters (lactones) is 1. The van der Waals surface area contributed by atoms with Crippen LogP contribution in [0.1, 0.15) is 77.6 Å². The number of fused-ring (bicyclic) bond motifs is 5. The average molecular weight is 1140 g/mol. The van der Waals surface area contributed by atoms with E-state index in [4.69, 9.17) is 19.6 Å². The minimum atomic E-state index is -2.08. The molecule has 0 bridgehead atoms. The van der Waals surface area contributed by atoms with Gasteiger partial charge < -0.3 is 66.6 Å². The van der Waals surface area contributed by atoms with E-state index in [9.17, 15) is 67.7 Å². The summed E-state index contributed by atoms with van der Waals surface area (Å²) in [5, 5.41) is 47.7. The van der Waals surface area contributed by atoms with Gasteiger partial charge in [-0.2, -0.15) is 0 Å². The number of hydrogen-bond donors (Lipinski definition) is 10. The summed E-state index contributed by atoms with van der Waals surface area (Å²) < 4.78 is 27.5. The Balaban J connectivity index is 0.829. The van der Waals surface area contributed by atoms with Crippen molar-refractivity contribution in [3.63, 3.8) is 0 Å². The van der Waals surface area contributed by atoms with Crippen LogP contribution in [-0.2, 0) is 93.8 Å².